The van der Waals surface area contributed by atoms with Crippen LogP contribution in [0.25, 0.3) is 11.0 Å². The lowest BCUT2D eigenvalue weighted by atomic mass is 10.1. The van der Waals surface area contributed by atoms with Gasteiger partial charge in [-0.25, -0.2) is 0 Å². The molecule has 0 fully saturated rings. The molecule has 0 saturated carbocycles. The first-order valence-electron chi connectivity index (χ1n) is 10.1. The lowest BCUT2D eigenvalue weighted by Gasteiger charge is -2.12. The first-order chi connectivity index (χ1) is 15.6. The van der Waals surface area contributed by atoms with Crippen LogP contribution in [0.5, 0.6) is 11.5 Å². The topological polar surface area (TPSA) is 89.8 Å². The summed E-state index contributed by atoms with van der Waals surface area (Å²) in [5.41, 5.74) is 6.42. The Labute approximate surface area is 184 Å². The molecule has 0 spiro atoms. The highest BCUT2D eigenvalue weighted by Crippen LogP contribution is 2.24. The average molecular weight is 430 g/mol. The summed E-state index contributed by atoms with van der Waals surface area (Å²) in [5, 5.41) is 0.848. The van der Waals surface area contributed by atoms with Crippen molar-refractivity contribution in [1.82, 2.24) is 10.9 Å². The molecule has 3 aromatic carbocycles. The molecule has 7 heteroatoms. The van der Waals surface area contributed by atoms with Crippen molar-refractivity contribution in [1.29, 1.82) is 0 Å². The van der Waals surface area contributed by atoms with E-state index in [0.717, 1.165) is 11.1 Å². The van der Waals surface area contributed by atoms with Gasteiger partial charge in [-0.1, -0.05) is 48.5 Å². The SMILES string of the molecule is Cc1c(C(=O)NNC(=O)c2ccccc2OCCOc2ccccc2)oc2ccccc12. The average Bonchev–Trinajstić information content (AvgIpc) is 3.18. The fourth-order valence-corrected chi connectivity index (χ4v) is 3.24. The molecule has 0 saturated heterocycles. The second kappa shape index (κ2) is 9.70. The standard InChI is InChI=1S/C25H22N2O5/c1-17-19-11-5-8-14-22(19)32-23(17)25(29)27-26-24(28)20-12-6-7-13-21(20)31-16-15-30-18-9-3-2-4-10-18/h2-14H,15-16H2,1H3,(H,26,28)(H,27,29). The number of carbonyl (C=O) groups is 2. The molecule has 0 aliphatic carbocycles. The summed E-state index contributed by atoms with van der Waals surface area (Å²) in [5.74, 6) is 0.226. The van der Waals surface area contributed by atoms with Crippen molar-refractivity contribution < 1.29 is 23.5 Å². The van der Waals surface area contributed by atoms with Crippen molar-refractivity contribution in [2.24, 2.45) is 0 Å². The van der Waals surface area contributed by atoms with Crippen LogP contribution in [0.15, 0.2) is 83.3 Å². The zero-order valence-corrected chi connectivity index (χ0v) is 17.5. The largest absolute Gasteiger partial charge is 0.490 e. The van der Waals surface area contributed by atoms with E-state index in [-0.39, 0.29) is 17.9 Å². The zero-order chi connectivity index (χ0) is 22.3. The molecule has 4 aromatic rings. The van der Waals surface area contributed by atoms with Crippen LogP contribution >= 0.6 is 0 Å². The van der Waals surface area contributed by atoms with Crippen LogP contribution in [0.2, 0.25) is 0 Å². The Bertz CT molecular complexity index is 1230. The molecule has 2 N–H and O–H groups in total. The Morgan fingerprint density at radius 1 is 0.781 bits per heavy atom. The van der Waals surface area contributed by atoms with Crippen LogP contribution in [0, 0.1) is 6.92 Å². The number of hydrogen-bond acceptors (Lipinski definition) is 5. The normalized spacial score (nSPS) is 10.5. The molecule has 0 radical (unpaired) electrons. The molecule has 4 rings (SSSR count). The molecule has 32 heavy (non-hydrogen) atoms. The number of benzene rings is 3. The minimum Gasteiger partial charge on any atom is -0.490 e. The van der Waals surface area contributed by atoms with Gasteiger partial charge in [-0.3, -0.25) is 20.4 Å². The van der Waals surface area contributed by atoms with E-state index in [1.807, 2.05) is 48.5 Å². The highest BCUT2D eigenvalue weighted by molar-refractivity contribution is 6.02. The van der Waals surface area contributed by atoms with Crippen LogP contribution in [-0.4, -0.2) is 25.0 Å². The van der Waals surface area contributed by atoms with Gasteiger partial charge in [0.1, 0.15) is 30.3 Å². The molecule has 162 valence electrons. The molecule has 1 aromatic heterocycles. The minimum atomic E-state index is -0.540. The molecule has 0 bridgehead atoms. The number of nitrogens with one attached hydrogen (secondary N) is 2. The van der Waals surface area contributed by atoms with Crippen LogP contribution in [0.3, 0.4) is 0 Å². The van der Waals surface area contributed by atoms with Gasteiger partial charge in [-0.05, 0) is 37.3 Å². The summed E-state index contributed by atoms with van der Waals surface area (Å²) in [6.45, 7) is 2.37. The number of hydrazine groups is 1. The number of rotatable bonds is 7. The van der Waals surface area contributed by atoms with Gasteiger partial charge < -0.3 is 13.9 Å². The summed E-state index contributed by atoms with van der Waals surface area (Å²) < 4.78 is 16.9. The molecule has 0 aliphatic rings. The fraction of sp³-hybridized carbons (Fsp3) is 0.120. The number of amides is 2. The quantitative estimate of drug-likeness (QED) is 0.338. The Morgan fingerprint density at radius 2 is 1.44 bits per heavy atom. The van der Waals surface area contributed by atoms with Gasteiger partial charge in [0.25, 0.3) is 5.91 Å². The number of hydrogen-bond donors (Lipinski definition) is 2. The van der Waals surface area contributed by atoms with E-state index in [1.165, 1.54) is 0 Å². The first-order valence-corrected chi connectivity index (χ1v) is 10.1. The van der Waals surface area contributed by atoms with Crippen molar-refractivity contribution in [3.8, 4) is 11.5 Å². The predicted molar refractivity (Wildman–Crippen MR) is 120 cm³/mol. The van der Waals surface area contributed by atoms with E-state index in [0.29, 0.717) is 23.5 Å². The van der Waals surface area contributed by atoms with Crippen LogP contribution in [0.4, 0.5) is 0 Å². The van der Waals surface area contributed by atoms with E-state index in [2.05, 4.69) is 10.9 Å². The number of para-hydroxylation sites is 3. The molecule has 2 amide bonds. The van der Waals surface area contributed by atoms with Gasteiger partial charge in [-0.15, -0.1) is 0 Å². The molecule has 0 aliphatic heterocycles. The van der Waals surface area contributed by atoms with Gasteiger partial charge in [0.2, 0.25) is 0 Å². The molecular weight excluding hydrogens is 408 g/mol. The summed E-state index contributed by atoms with van der Waals surface area (Å²) in [6.07, 6.45) is 0. The maximum absolute atomic E-state index is 12.6. The molecule has 1 heterocycles. The molecular formula is C25H22N2O5. The summed E-state index contributed by atoms with van der Waals surface area (Å²) in [4.78, 5) is 25.2. The van der Waals surface area contributed by atoms with E-state index in [4.69, 9.17) is 13.9 Å². The monoisotopic (exact) mass is 430 g/mol. The summed E-state index contributed by atoms with van der Waals surface area (Å²) in [7, 11) is 0. The summed E-state index contributed by atoms with van der Waals surface area (Å²) in [6, 6.07) is 23.5. The zero-order valence-electron chi connectivity index (χ0n) is 17.5. The number of furan rings is 1. The third kappa shape index (κ3) is 4.73. The van der Waals surface area contributed by atoms with Crippen molar-refractivity contribution in [2.75, 3.05) is 13.2 Å². The van der Waals surface area contributed by atoms with Gasteiger partial charge in [0.05, 0.1) is 5.56 Å². The lowest BCUT2D eigenvalue weighted by Crippen LogP contribution is -2.41. The summed E-state index contributed by atoms with van der Waals surface area (Å²) >= 11 is 0. The van der Waals surface area contributed by atoms with Crippen LogP contribution in [-0.2, 0) is 0 Å². The van der Waals surface area contributed by atoms with Crippen LogP contribution < -0.4 is 20.3 Å². The van der Waals surface area contributed by atoms with Gasteiger partial charge in [0, 0.05) is 10.9 Å². The van der Waals surface area contributed by atoms with Crippen molar-refractivity contribution in [2.45, 2.75) is 6.92 Å². The predicted octanol–water partition coefficient (Wildman–Crippen LogP) is 4.27. The Kier molecular flexibility index (Phi) is 6.36. The number of ether oxygens (including phenoxy) is 2. The van der Waals surface area contributed by atoms with E-state index >= 15 is 0 Å². The van der Waals surface area contributed by atoms with Crippen LogP contribution in [0.1, 0.15) is 26.5 Å². The Hall–Kier alpha value is -4.26. The van der Waals surface area contributed by atoms with E-state index < -0.39 is 11.8 Å². The Balaban J connectivity index is 1.35. The fourth-order valence-electron chi connectivity index (χ4n) is 3.24. The first kappa shape index (κ1) is 21.0. The highest BCUT2D eigenvalue weighted by atomic mass is 16.5. The van der Waals surface area contributed by atoms with Crippen molar-refractivity contribution in [3.63, 3.8) is 0 Å². The number of fused-ring (bicyclic) bond motifs is 1. The van der Waals surface area contributed by atoms with Gasteiger partial charge >= 0.3 is 5.91 Å². The minimum absolute atomic E-state index is 0.147. The molecule has 7 nitrogen and oxygen atoms in total. The number of carbonyl (C=O) groups excluding carboxylic acids is 2. The van der Waals surface area contributed by atoms with Crippen molar-refractivity contribution in [3.05, 3.63) is 95.7 Å². The van der Waals surface area contributed by atoms with E-state index in [1.54, 1.807) is 37.3 Å². The second-order valence-corrected chi connectivity index (χ2v) is 6.97. The van der Waals surface area contributed by atoms with Gasteiger partial charge in [0.15, 0.2) is 5.76 Å². The maximum Gasteiger partial charge on any atom is 0.305 e. The Morgan fingerprint density at radius 3 is 2.25 bits per heavy atom. The lowest BCUT2D eigenvalue weighted by molar-refractivity contribution is 0.0829. The maximum atomic E-state index is 12.6. The second-order valence-electron chi connectivity index (χ2n) is 6.97. The molecule has 0 atom stereocenters. The third-order valence-corrected chi connectivity index (χ3v) is 4.82. The number of aryl methyl sites for hydroxylation is 1. The van der Waals surface area contributed by atoms with Gasteiger partial charge in [-0.2, -0.15) is 0 Å². The highest BCUT2D eigenvalue weighted by Gasteiger charge is 2.19. The smallest absolute Gasteiger partial charge is 0.305 e. The van der Waals surface area contributed by atoms with Crippen molar-refractivity contribution >= 4 is 22.8 Å². The molecule has 0 unspecified atom stereocenters. The van der Waals surface area contributed by atoms with E-state index in [9.17, 15) is 9.59 Å². The third-order valence-electron chi connectivity index (χ3n) is 4.82.